The van der Waals surface area contributed by atoms with E-state index < -0.39 is 0 Å². The molecule has 0 rings (SSSR count). The third kappa shape index (κ3) is 13.3. The Hall–Kier alpha value is -0.100. The van der Waals surface area contributed by atoms with Crippen LogP contribution in [0.25, 0.3) is 0 Å². The molecule has 0 spiro atoms. The van der Waals surface area contributed by atoms with Crippen molar-refractivity contribution in [2.75, 3.05) is 13.2 Å². The Kier molecular flexibility index (Phi) is 13.5. The van der Waals surface area contributed by atoms with E-state index in [1.165, 1.54) is 0 Å². The Balaban J connectivity index is 3.46. The smallest absolute Gasteiger partial charge is 0.305 e. The maximum atomic E-state index is 11.4. The number of ether oxygens (including phenoxy) is 2. The fraction of sp³-hybridized carbons (Fsp3) is 0.867. The Labute approximate surface area is 144 Å². The van der Waals surface area contributed by atoms with Gasteiger partial charge in [-0.15, -0.1) is 0 Å². The van der Waals surface area contributed by atoms with Crippen LogP contribution in [0.5, 0.6) is 0 Å². The maximum absolute atomic E-state index is 11.4. The predicted octanol–water partition coefficient (Wildman–Crippen LogP) is 4.37. The molecule has 0 aliphatic rings. The summed E-state index contributed by atoms with van der Waals surface area (Å²) in [5, 5.41) is 0. The van der Waals surface area contributed by atoms with Gasteiger partial charge in [0.25, 0.3) is 0 Å². The Morgan fingerprint density at radius 3 is 1.52 bits per heavy atom. The van der Waals surface area contributed by atoms with E-state index in [-0.39, 0.29) is 21.6 Å². The molecular weight excluding hydrogens is 404 g/mol. The van der Waals surface area contributed by atoms with Gasteiger partial charge in [-0.2, -0.15) is 0 Å². The number of esters is 2. The molecule has 6 heteroatoms. The minimum Gasteiger partial charge on any atom is -0.464 e. The first-order valence-corrected chi connectivity index (χ1v) is 9.42. The first-order valence-electron chi connectivity index (χ1n) is 7.58. The van der Waals surface area contributed by atoms with Gasteiger partial charge in [-0.1, -0.05) is 52.1 Å². The van der Waals surface area contributed by atoms with Gasteiger partial charge < -0.3 is 9.47 Å². The summed E-state index contributed by atoms with van der Waals surface area (Å²) < 4.78 is 10.2. The van der Waals surface area contributed by atoms with E-state index >= 15 is 0 Å². The molecule has 2 unspecified atom stereocenters. The Bertz CT molecular complexity index is 269. The lowest BCUT2D eigenvalue weighted by molar-refractivity contribution is -0.144. The third-order valence-electron chi connectivity index (χ3n) is 3.00. The van der Waals surface area contributed by atoms with Crippen LogP contribution in [0.4, 0.5) is 0 Å². The highest BCUT2D eigenvalue weighted by Crippen LogP contribution is 2.09. The van der Waals surface area contributed by atoms with Crippen LogP contribution in [0.1, 0.15) is 58.8 Å². The van der Waals surface area contributed by atoms with Gasteiger partial charge >= 0.3 is 11.9 Å². The molecular formula is C15H26Br2O4. The molecule has 4 nitrogen and oxygen atoms in total. The normalized spacial score (nSPS) is 13.5. The first kappa shape index (κ1) is 20.9. The summed E-state index contributed by atoms with van der Waals surface area (Å²) in [4.78, 5) is 23.3. The minimum atomic E-state index is -0.166. The molecule has 0 aromatic rings. The van der Waals surface area contributed by atoms with E-state index in [2.05, 4.69) is 31.9 Å². The van der Waals surface area contributed by atoms with Gasteiger partial charge in [0.15, 0.2) is 0 Å². The summed E-state index contributed by atoms with van der Waals surface area (Å²) in [7, 11) is 0. The topological polar surface area (TPSA) is 52.6 Å². The van der Waals surface area contributed by atoms with Crippen molar-refractivity contribution in [3.8, 4) is 0 Å². The van der Waals surface area contributed by atoms with E-state index in [0.717, 1.165) is 32.1 Å². The van der Waals surface area contributed by atoms with Gasteiger partial charge in [-0.05, 0) is 25.7 Å². The maximum Gasteiger partial charge on any atom is 0.305 e. The summed E-state index contributed by atoms with van der Waals surface area (Å²) in [6.07, 6.45) is 5.03. The van der Waals surface area contributed by atoms with Crippen LogP contribution >= 0.6 is 31.9 Å². The Morgan fingerprint density at radius 2 is 1.19 bits per heavy atom. The van der Waals surface area contributed by atoms with Gasteiger partial charge in [0.2, 0.25) is 0 Å². The second-order valence-electron chi connectivity index (χ2n) is 4.94. The number of rotatable bonds is 12. The number of carbonyl (C=O) groups excluding carboxylic acids is 2. The first-order chi connectivity index (χ1) is 9.99. The molecule has 0 amide bonds. The molecule has 0 aromatic heterocycles. The van der Waals surface area contributed by atoms with Crippen molar-refractivity contribution in [3.63, 3.8) is 0 Å². The van der Waals surface area contributed by atoms with Crippen molar-refractivity contribution in [3.05, 3.63) is 0 Å². The predicted molar refractivity (Wildman–Crippen MR) is 91.0 cm³/mol. The molecule has 0 saturated carbocycles. The van der Waals surface area contributed by atoms with Crippen molar-refractivity contribution in [2.45, 2.75) is 68.4 Å². The quantitative estimate of drug-likeness (QED) is 0.262. The van der Waals surface area contributed by atoms with E-state index in [1.807, 2.05) is 13.8 Å². The summed E-state index contributed by atoms with van der Waals surface area (Å²) in [5.41, 5.74) is 0. The highest BCUT2D eigenvalue weighted by Gasteiger charge is 2.09. The zero-order valence-electron chi connectivity index (χ0n) is 12.9. The molecule has 0 bridgehead atoms. The molecule has 21 heavy (non-hydrogen) atoms. The van der Waals surface area contributed by atoms with E-state index in [0.29, 0.717) is 26.1 Å². The largest absolute Gasteiger partial charge is 0.464 e. The van der Waals surface area contributed by atoms with E-state index in [4.69, 9.17) is 9.47 Å². The molecule has 0 N–H and O–H groups in total. The van der Waals surface area contributed by atoms with Gasteiger partial charge in [0, 0.05) is 22.5 Å². The number of alkyl halides is 2. The fourth-order valence-corrected chi connectivity index (χ4v) is 1.73. The average molecular weight is 430 g/mol. The highest BCUT2D eigenvalue weighted by atomic mass is 79.9. The zero-order valence-corrected chi connectivity index (χ0v) is 16.1. The molecule has 0 radical (unpaired) electrons. The van der Waals surface area contributed by atoms with Crippen LogP contribution in [-0.2, 0) is 19.1 Å². The molecule has 0 heterocycles. The lowest BCUT2D eigenvalue weighted by atomic mass is 10.1. The number of hydrogen-bond acceptors (Lipinski definition) is 4. The standard InChI is InChI=1S/C15H26Br2O4/c1-3-12(16)10-20-14(18)8-6-5-7-9-15(19)21-11-13(17)4-2/h12-13H,3-11H2,1-2H3. The SMILES string of the molecule is CCC(Br)COC(=O)CCCCCC(=O)OCC(Br)CC. The van der Waals surface area contributed by atoms with Gasteiger partial charge in [-0.3, -0.25) is 9.59 Å². The lowest BCUT2D eigenvalue weighted by Gasteiger charge is -2.09. The van der Waals surface area contributed by atoms with E-state index in [9.17, 15) is 9.59 Å². The summed E-state index contributed by atoms with van der Waals surface area (Å²) in [6.45, 7) is 4.91. The second-order valence-corrected chi connectivity index (χ2v) is 7.53. The van der Waals surface area contributed by atoms with E-state index in [1.54, 1.807) is 0 Å². The van der Waals surface area contributed by atoms with Crippen molar-refractivity contribution in [2.24, 2.45) is 0 Å². The lowest BCUT2D eigenvalue weighted by Crippen LogP contribution is -2.13. The van der Waals surface area contributed by atoms with Crippen LogP contribution in [0.3, 0.4) is 0 Å². The zero-order chi connectivity index (χ0) is 16.1. The summed E-state index contributed by atoms with van der Waals surface area (Å²) in [5.74, 6) is -0.332. The van der Waals surface area contributed by atoms with Crippen LogP contribution in [0.15, 0.2) is 0 Å². The molecule has 2 atom stereocenters. The number of carbonyl (C=O) groups is 2. The monoisotopic (exact) mass is 428 g/mol. The second kappa shape index (κ2) is 13.6. The third-order valence-corrected chi connectivity index (χ3v) is 4.82. The fourth-order valence-electron chi connectivity index (χ4n) is 1.46. The minimum absolute atomic E-state index is 0.166. The van der Waals surface area contributed by atoms with Crippen molar-refractivity contribution in [1.82, 2.24) is 0 Å². The van der Waals surface area contributed by atoms with Crippen molar-refractivity contribution >= 4 is 43.8 Å². The van der Waals surface area contributed by atoms with Crippen molar-refractivity contribution < 1.29 is 19.1 Å². The molecule has 0 saturated heterocycles. The molecule has 0 fully saturated rings. The Morgan fingerprint density at radius 1 is 0.810 bits per heavy atom. The molecule has 0 aliphatic heterocycles. The summed E-state index contributed by atoms with van der Waals surface area (Å²) >= 11 is 6.82. The highest BCUT2D eigenvalue weighted by molar-refractivity contribution is 9.09. The number of unbranched alkanes of at least 4 members (excludes halogenated alkanes) is 2. The molecule has 0 aromatic carbocycles. The average Bonchev–Trinajstić information content (AvgIpc) is 2.49. The van der Waals surface area contributed by atoms with Gasteiger partial charge in [-0.25, -0.2) is 0 Å². The van der Waals surface area contributed by atoms with Crippen LogP contribution in [0, 0.1) is 0 Å². The molecule has 0 aliphatic carbocycles. The molecule has 124 valence electrons. The van der Waals surface area contributed by atoms with Crippen LogP contribution in [0.2, 0.25) is 0 Å². The van der Waals surface area contributed by atoms with Gasteiger partial charge in [0.05, 0.1) is 0 Å². The van der Waals surface area contributed by atoms with Crippen molar-refractivity contribution in [1.29, 1.82) is 0 Å². The number of halogens is 2. The number of hydrogen-bond donors (Lipinski definition) is 0. The van der Waals surface area contributed by atoms with Crippen LogP contribution < -0.4 is 0 Å². The van der Waals surface area contributed by atoms with Crippen LogP contribution in [-0.4, -0.2) is 34.8 Å². The van der Waals surface area contributed by atoms with Gasteiger partial charge in [0.1, 0.15) is 13.2 Å². The summed E-state index contributed by atoms with van der Waals surface area (Å²) in [6, 6.07) is 0.